The van der Waals surface area contributed by atoms with E-state index in [0.29, 0.717) is 6.42 Å². The van der Waals surface area contributed by atoms with Gasteiger partial charge in [-0.15, -0.1) is 0 Å². The van der Waals surface area contributed by atoms with Gasteiger partial charge in [-0.3, -0.25) is 4.79 Å². The Kier molecular flexibility index (Phi) is 7.28. The molecule has 2 aromatic carbocycles. The molecule has 2 aromatic rings. The van der Waals surface area contributed by atoms with Crippen molar-refractivity contribution >= 4 is 17.6 Å². The molecule has 1 fully saturated rings. The molecule has 0 aromatic heterocycles. The van der Waals surface area contributed by atoms with Crippen molar-refractivity contribution in [3.63, 3.8) is 0 Å². The molecule has 0 bridgehead atoms. The zero-order chi connectivity index (χ0) is 20.6. The fourth-order valence-corrected chi connectivity index (χ4v) is 3.62. The summed E-state index contributed by atoms with van der Waals surface area (Å²) < 4.78 is 0. The molecule has 5 heteroatoms. The monoisotopic (exact) mass is 393 g/mol. The number of likely N-dealkylation sites (tertiary alicyclic amines) is 1. The van der Waals surface area contributed by atoms with Crippen LogP contribution in [0.3, 0.4) is 0 Å². The summed E-state index contributed by atoms with van der Waals surface area (Å²) >= 11 is 0. The maximum Gasteiger partial charge on any atom is 0.319 e. The number of carbonyl (C=O) groups excluding carboxylic acids is 2. The second-order valence-electron chi connectivity index (χ2n) is 7.70. The molecule has 3 rings (SSSR count). The first-order valence-corrected chi connectivity index (χ1v) is 10.6. The van der Waals surface area contributed by atoms with Crippen LogP contribution in [0.4, 0.5) is 10.5 Å². The number of nitrogens with one attached hydrogen (secondary N) is 2. The van der Waals surface area contributed by atoms with Gasteiger partial charge in [-0.25, -0.2) is 4.79 Å². The van der Waals surface area contributed by atoms with Crippen LogP contribution in [-0.2, 0) is 17.6 Å². The smallest absolute Gasteiger partial charge is 0.319 e. The van der Waals surface area contributed by atoms with Gasteiger partial charge in [0, 0.05) is 25.2 Å². The fraction of sp³-hybridized carbons (Fsp3) is 0.417. The van der Waals surface area contributed by atoms with Crippen LogP contribution in [0.2, 0.25) is 0 Å². The van der Waals surface area contributed by atoms with Gasteiger partial charge >= 0.3 is 6.03 Å². The van der Waals surface area contributed by atoms with Crippen molar-refractivity contribution in [3.8, 4) is 0 Å². The zero-order valence-electron chi connectivity index (χ0n) is 17.4. The summed E-state index contributed by atoms with van der Waals surface area (Å²) in [7, 11) is 0. The molecule has 154 valence electrons. The van der Waals surface area contributed by atoms with Crippen LogP contribution in [0, 0.1) is 0 Å². The molecule has 0 spiro atoms. The molecule has 29 heavy (non-hydrogen) atoms. The van der Waals surface area contributed by atoms with Gasteiger partial charge in [-0.2, -0.15) is 0 Å². The van der Waals surface area contributed by atoms with E-state index in [4.69, 9.17) is 0 Å². The third-order valence-electron chi connectivity index (χ3n) is 5.53. The number of hydrogen-bond donors (Lipinski definition) is 2. The van der Waals surface area contributed by atoms with E-state index in [-0.39, 0.29) is 18.0 Å². The van der Waals surface area contributed by atoms with Gasteiger partial charge < -0.3 is 15.5 Å². The predicted octanol–water partition coefficient (Wildman–Crippen LogP) is 4.69. The Bertz CT molecular complexity index is 809. The minimum absolute atomic E-state index is 0.0724. The Balaban J connectivity index is 1.45. The van der Waals surface area contributed by atoms with Crippen LogP contribution in [0.1, 0.15) is 55.8 Å². The molecular weight excluding hydrogens is 362 g/mol. The molecule has 0 radical (unpaired) electrons. The third-order valence-corrected chi connectivity index (χ3v) is 5.53. The molecular formula is C24H31N3O2. The van der Waals surface area contributed by atoms with Crippen molar-refractivity contribution in [1.29, 1.82) is 0 Å². The van der Waals surface area contributed by atoms with Crippen LogP contribution in [0.15, 0.2) is 48.5 Å². The standard InChI is InChI=1S/C24H31N3O2/c1-3-19-6-11-21(12-7-19)18(2)25-24(29)26-22-13-8-20(9-14-22)10-15-23(28)27-16-4-5-17-27/h6-9,11-14,18H,3-5,10,15-17H2,1-2H3,(H2,25,26,29). The lowest BCUT2D eigenvalue weighted by Crippen LogP contribution is -2.31. The molecule has 5 nitrogen and oxygen atoms in total. The third kappa shape index (κ3) is 6.08. The molecule has 1 heterocycles. The Labute approximate surface area is 173 Å². The highest BCUT2D eigenvalue weighted by molar-refractivity contribution is 5.89. The average molecular weight is 394 g/mol. The van der Waals surface area contributed by atoms with E-state index in [1.807, 2.05) is 36.1 Å². The van der Waals surface area contributed by atoms with Crippen LogP contribution >= 0.6 is 0 Å². The molecule has 3 amide bonds. The Morgan fingerprint density at radius 3 is 2.21 bits per heavy atom. The highest BCUT2D eigenvalue weighted by atomic mass is 16.2. The molecule has 1 aliphatic rings. The van der Waals surface area contributed by atoms with Crippen molar-refractivity contribution in [2.24, 2.45) is 0 Å². The van der Waals surface area contributed by atoms with Gasteiger partial charge in [0.15, 0.2) is 0 Å². The first-order valence-electron chi connectivity index (χ1n) is 10.6. The SMILES string of the molecule is CCc1ccc(C(C)NC(=O)Nc2ccc(CCC(=O)N3CCCC3)cc2)cc1. The Hall–Kier alpha value is -2.82. The molecule has 1 atom stereocenters. The zero-order valence-corrected chi connectivity index (χ0v) is 17.4. The summed E-state index contributed by atoms with van der Waals surface area (Å²) in [6.07, 6.45) is 4.52. The average Bonchev–Trinajstić information content (AvgIpc) is 3.28. The molecule has 0 saturated carbocycles. The van der Waals surface area contributed by atoms with E-state index in [0.717, 1.165) is 55.6 Å². The number of carbonyl (C=O) groups is 2. The van der Waals surface area contributed by atoms with Gasteiger partial charge in [0.1, 0.15) is 0 Å². The minimum atomic E-state index is -0.228. The molecule has 1 unspecified atom stereocenters. The van der Waals surface area contributed by atoms with Crippen LogP contribution < -0.4 is 10.6 Å². The summed E-state index contributed by atoms with van der Waals surface area (Å²) in [6, 6.07) is 15.7. The van der Waals surface area contributed by atoms with Gasteiger partial charge in [0.25, 0.3) is 0 Å². The van der Waals surface area contributed by atoms with Gasteiger partial charge in [0.05, 0.1) is 6.04 Å². The van der Waals surface area contributed by atoms with E-state index >= 15 is 0 Å². The first-order chi connectivity index (χ1) is 14.0. The normalized spacial score (nSPS) is 14.5. The molecule has 1 saturated heterocycles. The molecule has 2 N–H and O–H groups in total. The lowest BCUT2D eigenvalue weighted by atomic mass is 10.1. The number of hydrogen-bond acceptors (Lipinski definition) is 2. The minimum Gasteiger partial charge on any atom is -0.343 e. The summed E-state index contributed by atoms with van der Waals surface area (Å²) in [4.78, 5) is 26.4. The van der Waals surface area contributed by atoms with E-state index in [1.165, 1.54) is 5.56 Å². The van der Waals surface area contributed by atoms with Crippen molar-refractivity contribution in [1.82, 2.24) is 10.2 Å². The van der Waals surface area contributed by atoms with Crippen LogP contribution in [0.5, 0.6) is 0 Å². The van der Waals surface area contributed by atoms with Crippen LogP contribution in [-0.4, -0.2) is 29.9 Å². The van der Waals surface area contributed by atoms with E-state index in [2.05, 4.69) is 41.8 Å². The van der Waals surface area contributed by atoms with Gasteiger partial charge in [-0.1, -0.05) is 43.3 Å². The largest absolute Gasteiger partial charge is 0.343 e. The molecule has 0 aliphatic carbocycles. The van der Waals surface area contributed by atoms with Crippen molar-refractivity contribution in [2.45, 2.75) is 52.0 Å². The topological polar surface area (TPSA) is 61.4 Å². The number of aryl methyl sites for hydroxylation is 2. The van der Waals surface area contributed by atoms with E-state index in [1.54, 1.807) is 0 Å². The molecule has 1 aliphatic heterocycles. The number of amides is 3. The van der Waals surface area contributed by atoms with Gasteiger partial charge in [0.2, 0.25) is 5.91 Å². The number of benzene rings is 2. The lowest BCUT2D eigenvalue weighted by molar-refractivity contribution is -0.130. The highest BCUT2D eigenvalue weighted by Crippen LogP contribution is 2.16. The summed E-state index contributed by atoms with van der Waals surface area (Å²) in [5.74, 6) is 0.241. The summed E-state index contributed by atoms with van der Waals surface area (Å²) in [6.45, 7) is 5.90. The highest BCUT2D eigenvalue weighted by Gasteiger charge is 2.17. The number of nitrogens with zero attached hydrogens (tertiary/aromatic N) is 1. The van der Waals surface area contributed by atoms with Crippen molar-refractivity contribution in [3.05, 3.63) is 65.2 Å². The second kappa shape index (κ2) is 10.1. The number of rotatable bonds is 7. The van der Waals surface area contributed by atoms with Crippen LogP contribution in [0.25, 0.3) is 0 Å². The lowest BCUT2D eigenvalue weighted by Gasteiger charge is -2.16. The fourth-order valence-electron chi connectivity index (χ4n) is 3.62. The number of urea groups is 1. The number of anilines is 1. The van der Waals surface area contributed by atoms with E-state index in [9.17, 15) is 9.59 Å². The summed E-state index contributed by atoms with van der Waals surface area (Å²) in [5, 5.41) is 5.84. The predicted molar refractivity (Wildman–Crippen MR) is 117 cm³/mol. The second-order valence-corrected chi connectivity index (χ2v) is 7.70. The van der Waals surface area contributed by atoms with E-state index < -0.39 is 0 Å². The van der Waals surface area contributed by atoms with Crippen molar-refractivity contribution in [2.75, 3.05) is 18.4 Å². The maximum absolute atomic E-state index is 12.3. The maximum atomic E-state index is 12.3. The quantitative estimate of drug-likeness (QED) is 0.717. The Morgan fingerprint density at radius 2 is 1.59 bits per heavy atom. The first kappa shape index (κ1) is 20.9. The Morgan fingerprint density at radius 1 is 0.966 bits per heavy atom. The summed E-state index contributed by atoms with van der Waals surface area (Å²) in [5.41, 5.74) is 4.21. The van der Waals surface area contributed by atoms with Gasteiger partial charge in [-0.05, 0) is 61.4 Å². The van der Waals surface area contributed by atoms with Crippen molar-refractivity contribution < 1.29 is 9.59 Å².